The van der Waals surface area contributed by atoms with Crippen molar-refractivity contribution in [2.75, 3.05) is 5.32 Å². The van der Waals surface area contributed by atoms with Gasteiger partial charge >= 0.3 is 0 Å². The molecule has 0 aliphatic rings. The van der Waals surface area contributed by atoms with E-state index in [4.69, 9.17) is 0 Å². The second-order valence-electron chi connectivity index (χ2n) is 6.55. The number of hydrogen-bond acceptors (Lipinski definition) is 6. The maximum Gasteiger partial charge on any atom is 0.245 e. The van der Waals surface area contributed by atoms with Crippen molar-refractivity contribution in [3.05, 3.63) is 72.8 Å². The first-order valence-electron chi connectivity index (χ1n) is 9.08. The molecule has 4 heterocycles. The van der Waals surface area contributed by atoms with Gasteiger partial charge in [-0.15, -0.1) is 0 Å². The summed E-state index contributed by atoms with van der Waals surface area (Å²) in [5, 5.41) is 2.80. The lowest BCUT2D eigenvalue weighted by atomic mass is 10.1. The Hall–Kier alpha value is -3.94. The van der Waals surface area contributed by atoms with Crippen molar-refractivity contribution in [2.24, 2.45) is 0 Å². The first-order valence-corrected chi connectivity index (χ1v) is 9.08. The third-order valence-electron chi connectivity index (χ3n) is 4.44. The van der Waals surface area contributed by atoms with Crippen LogP contribution >= 0.6 is 0 Å². The number of aryl methyl sites for hydroxylation is 1. The van der Waals surface area contributed by atoms with Crippen LogP contribution in [0.5, 0.6) is 0 Å². The molecular weight excluding hydrogens is 366 g/mol. The predicted molar refractivity (Wildman–Crippen MR) is 109 cm³/mol. The molecule has 0 atom stereocenters. The van der Waals surface area contributed by atoms with E-state index < -0.39 is 0 Å². The molecule has 0 saturated heterocycles. The maximum atomic E-state index is 12.5. The molecule has 0 saturated carbocycles. The Morgan fingerprint density at radius 2 is 1.79 bits per heavy atom. The normalized spacial score (nSPS) is 10.7. The second kappa shape index (κ2) is 7.97. The van der Waals surface area contributed by atoms with Gasteiger partial charge in [-0.25, -0.2) is 19.9 Å². The van der Waals surface area contributed by atoms with E-state index in [1.807, 2.05) is 36.6 Å². The Morgan fingerprint density at radius 1 is 0.966 bits per heavy atom. The average molecular weight is 385 g/mol. The van der Waals surface area contributed by atoms with E-state index in [2.05, 4.69) is 30.2 Å². The highest BCUT2D eigenvalue weighted by atomic mass is 16.2. The molecule has 0 spiro atoms. The van der Waals surface area contributed by atoms with Crippen LogP contribution in [0.4, 0.5) is 5.82 Å². The number of nitrogens with one attached hydrogen (secondary N) is 1. The number of hydrogen-bond donors (Lipinski definition) is 1. The van der Waals surface area contributed by atoms with E-state index >= 15 is 0 Å². The Balaban J connectivity index is 1.44. The molecule has 0 fully saturated rings. The number of carbonyl (C=O) groups is 1. The van der Waals surface area contributed by atoms with Crippen LogP contribution in [-0.2, 0) is 11.3 Å². The first kappa shape index (κ1) is 18.4. The van der Waals surface area contributed by atoms with Gasteiger partial charge in [-0.3, -0.25) is 9.78 Å². The van der Waals surface area contributed by atoms with Crippen LogP contribution in [0.2, 0.25) is 0 Å². The summed E-state index contributed by atoms with van der Waals surface area (Å²) in [6.45, 7) is 4.03. The molecular formula is C21H19N7O. The minimum absolute atomic E-state index is 0.147. The fourth-order valence-corrected chi connectivity index (χ4v) is 2.96. The lowest BCUT2D eigenvalue weighted by molar-refractivity contribution is -0.116. The third kappa shape index (κ3) is 4.16. The van der Waals surface area contributed by atoms with E-state index in [9.17, 15) is 4.79 Å². The van der Waals surface area contributed by atoms with Gasteiger partial charge < -0.3 is 9.88 Å². The summed E-state index contributed by atoms with van der Waals surface area (Å²) in [4.78, 5) is 33.8. The van der Waals surface area contributed by atoms with Gasteiger partial charge in [0.1, 0.15) is 12.4 Å². The number of anilines is 1. The summed E-state index contributed by atoms with van der Waals surface area (Å²) >= 11 is 0. The number of rotatable bonds is 5. The highest BCUT2D eigenvalue weighted by molar-refractivity contribution is 5.89. The molecule has 0 unspecified atom stereocenters. The van der Waals surface area contributed by atoms with Crippen molar-refractivity contribution in [3.8, 4) is 22.6 Å². The summed E-state index contributed by atoms with van der Waals surface area (Å²) in [5.41, 5.74) is 4.44. The average Bonchev–Trinajstić information content (AvgIpc) is 3.09. The van der Waals surface area contributed by atoms with Crippen LogP contribution in [0.1, 0.15) is 11.4 Å². The van der Waals surface area contributed by atoms with E-state index in [1.54, 1.807) is 43.2 Å². The van der Waals surface area contributed by atoms with Gasteiger partial charge in [-0.1, -0.05) is 0 Å². The summed E-state index contributed by atoms with van der Waals surface area (Å²) in [5.74, 6) is 0.877. The molecule has 4 aromatic heterocycles. The van der Waals surface area contributed by atoms with Gasteiger partial charge in [-0.2, -0.15) is 0 Å². The van der Waals surface area contributed by atoms with Crippen LogP contribution in [0.3, 0.4) is 0 Å². The number of amides is 1. The van der Waals surface area contributed by atoms with Crippen LogP contribution in [0, 0.1) is 13.8 Å². The molecule has 144 valence electrons. The van der Waals surface area contributed by atoms with Gasteiger partial charge in [0.15, 0.2) is 5.82 Å². The summed E-state index contributed by atoms with van der Waals surface area (Å²) in [7, 11) is 0. The third-order valence-corrected chi connectivity index (χ3v) is 4.44. The molecule has 0 aliphatic heterocycles. The van der Waals surface area contributed by atoms with Crippen molar-refractivity contribution in [1.82, 2.24) is 29.5 Å². The lowest BCUT2D eigenvalue weighted by Gasteiger charge is -2.08. The van der Waals surface area contributed by atoms with E-state index in [-0.39, 0.29) is 12.5 Å². The smallest absolute Gasteiger partial charge is 0.245 e. The Kier molecular flexibility index (Phi) is 5.07. The maximum absolute atomic E-state index is 12.5. The van der Waals surface area contributed by atoms with Crippen molar-refractivity contribution in [2.45, 2.75) is 20.4 Å². The molecule has 0 aromatic carbocycles. The van der Waals surface area contributed by atoms with Crippen molar-refractivity contribution in [3.63, 3.8) is 0 Å². The van der Waals surface area contributed by atoms with Crippen molar-refractivity contribution < 1.29 is 4.79 Å². The largest absolute Gasteiger partial charge is 0.325 e. The number of nitrogens with zero attached hydrogens (tertiary/aromatic N) is 6. The second-order valence-corrected chi connectivity index (χ2v) is 6.55. The fraction of sp³-hybridized carbons (Fsp3) is 0.143. The molecule has 0 radical (unpaired) electrons. The van der Waals surface area contributed by atoms with Gasteiger partial charge in [0.25, 0.3) is 0 Å². The topological polar surface area (TPSA) is 98.5 Å². The number of imidazole rings is 1. The van der Waals surface area contributed by atoms with E-state index in [0.29, 0.717) is 11.6 Å². The minimum atomic E-state index is -0.181. The zero-order chi connectivity index (χ0) is 20.2. The number of aromatic nitrogens is 6. The first-order chi connectivity index (χ1) is 14.1. The molecule has 8 nitrogen and oxygen atoms in total. The molecule has 4 aromatic rings. The molecule has 29 heavy (non-hydrogen) atoms. The highest BCUT2D eigenvalue weighted by Gasteiger charge is 2.12. The van der Waals surface area contributed by atoms with Crippen LogP contribution in [0.15, 0.2) is 61.4 Å². The minimum Gasteiger partial charge on any atom is -0.325 e. The summed E-state index contributed by atoms with van der Waals surface area (Å²) in [6.07, 6.45) is 8.41. The Morgan fingerprint density at radius 3 is 2.52 bits per heavy atom. The van der Waals surface area contributed by atoms with E-state index in [0.717, 1.165) is 28.2 Å². The quantitative estimate of drug-likeness (QED) is 0.567. The SMILES string of the molecule is Cc1cc(-c2ncn(CC(=O)Nc3ccc(-c4ncccn4)cn3)c2C)ccn1. The zero-order valence-electron chi connectivity index (χ0n) is 16.1. The highest BCUT2D eigenvalue weighted by Crippen LogP contribution is 2.22. The lowest BCUT2D eigenvalue weighted by Crippen LogP contribution is -2.19. The molecule has 8 heteroatoms. The Labute approximate surface area is 167 Å². The van der Waals surface area contributed by atoms with Crippen LogP contribution in [0.25, 0.3) is 22.6 Å². The van der Waals surface area contributed by atoms with E-state index in [1.165, 1.54) is 0 Å². The molecule has 0 aliphatic carbocycles. The predicted octanol–water partition coefficient (Wildman–Crippen LogP) is 3.05. The summed E-state index contributed by atoms with van der Waals surface area (Å²) < 4.78 is 1.81. The monoisotopic (exact) mass is 385 g/mol. The fourth-order valence-electron chi connectivity index (χ4n) is 2.96. The van der Waals surface area contributed by atoms with Gasteiger partial charge in [0, 0.05) is 47.3 Å². The Bertz CT molecular complexity index is 1140. The zero-order valence-corrected chi connectivity index (χ0v) is 16.1. The van der Waals surface area contributed by atoms with Crippen molar-refractivity contribution in [1.29, 1.82) is 0 Å². The molecule has 0 bridgehead atoms. The van der Waals surface area contributed by atoms with Crippen molar-refractivity contribution >= 4 is 11.7 Å². The number of pyridine rings is 2. The molecule has 1 amide bonds. The van der Waals surface area contributed by atoms with Gasteiger partial charge in [0.05, 0.1) is 12.0 Å². The van der Waals surface area contributed by atoms with Gasteiger partial charge in [0.2, 0.25) is 5.91 Å². The molecule has 4 rings (SSSR count). The number of carbonyl (C=O) groups excluding carboxylic acids is 1. The van der Waals surface area contributed by atoms with Crippen LogP contribution < -0.4 is 5.32 Å². The standard InChI is InChI=1S/C21H19N7O/c1-14-10-16(6-9-22-14)20-15(2)28(13-26-20)12-19(29)27-18-5-4-17(11-25-18)21-23-7-3-8-24-21/h3-11,13H,12H2,1-2H3,(H,25,27,29). The van der Waals surface area contributed by atoms with Crippen LogP contribution in [-0.4, -0.2) is 35.4 Å². The molecule has 1 N–H and O–H groups in total. The van der Waals surface area contributed by atoms with Gasteiger partial charge in [-0.05, 0) is 44.2 Å². The summed E-state index contributed by atoms with van der Waals surface area (Å²) in [6, 6.07) is 9.20.